The summed E-state index contributed by atoms with van der Waals surface area (Å²) in [4.78, 5) is 14.7. The van der Waals surface area contributed by atoms with Crippen LogP contribution in [0.25, 0.3) is 0 Å². The minimum Gasteiger partial charge on any atom is -0.338 e. The summed E-state index contributed by atoms with van der Waals surface area (Å²) < 4.78 is 0. The molecule has 1 aliphatic carbocycles. The fourth-order valence-electron chi connectivity index (χ4n) is 3.49. The molecule has 1 saturated heterocycles. The third-order valence-corrected chi connectivity index (χ3v) is 4.37. The van der Waals surface area contributed by atoms with Gasteiger partial charge in [-0.25, -0.2) is 0 Å². The quantitative estimate of drug-likeness (QED) is 0.837. The second-order valence-corrected chi connectivity index (χ2v) is 6.60. The average molecular weight is 252 g/mol. The summed E-state index contributed by atoms with van der Waals surface area (Å²) in [6, 6.07) is 0.955. The Balaban J connectivity index is 2.16. The van der Waals surface area contributed by atoms with Gasteiger partial charge in [0, 0.05) is 30.6 Å². The highest BCUT2D eigenvalue weighted by Gasteiger charge is 2.40. The van der Waals surface area contributed by atoms with Gasteiger partial charge in [-0.3, -0.25) is 4.79 Å². The topological polar surface area (TPSA) is 32.3 Å². The van der Waals surface area contributed by atoms with Gasteiger partial charge in [-0.05, 0) is 33.1 Å². The van der Waals surface area contributed by atoms with Gasteiger partial charge in [0.1, 0.15) is 0 Å². The van der Waals surface area contributed by atoms with Crippen molar-refractivity contribution in [3.63, 3.8) is 0 Å². The summed E-state index contributed by atoms with van der Waals surface area (Å²) in [5.41, 5.74) is -0.0433. The van der Waals surface area contributed by atoms with Crippen LogP contribution in [0.3, 0.4) is 0 Å². The predicted molar refractivity (Wildman–Crippen MR) is 74.5 cm³/mol. The zero-order valence-electron chi connectivity index (χ0n) is 12.2. The van der Waals surface area contributed by atoms with E-state index in [4.69, 9.17) is 0 Å². The maximum Gasteiger partial charge on any atom is 0.224 e. The summed E-state index contributed by atoms with van der Waals surface area (Å²) in [6.07, 6.45) is 7.93. The third-order valence-electron chi connectivity index (χ3n) is 4.37. The van der Waals surface area contributed by atoms with E-state index in [1.54, 1.807) is 0 Å². The molecule has 1 N–H and O–H groups in total. The molecule has 3 nitrogen and oxygen atoms in total. The average Bonchev–Trinajstić information content (AvgIpc) is 2.39. The number of nitrogens with zero attached hydrogens (tertiary/aromatic N) is 1. The van der Waals surface area contributed by atoms with E-state index < -0.39 is 0 Å². The van der Waals surface area contributed by atoms with E-state index in [9.17, 15) is 4.79 Å². The Morgan fingerprint density at radius 3 is 2.78 bits per heavy atom. The minimum absolute atomic E-state index is 0.0433. The normalized spacial score (nSPS) is 31.9. The van der Waals surface area contributed by atoms with Gasteiger partial charge in [-0.1, -0.05) is 26.2 Å². The first-order valence-corrected chi connectivity index (χ1v) is 7.60. The maximum absolute atomic E-state index is 12.5. The van der Waals surface area contributed by atoms with Gasteiger partial charge in [0.05, 0.1) is 0 Å². The molecule has 104 valence electrons. The minimum atomic E-state index is -0.0433. The van der Waals surface area contributed by atoms with Crippen molar-refractivity contribution in [2.75, 3.05) is 6.54 Å². The molecule has 2 rings (SSSR count). The van der Waals surface area contributed by atoms with Crippen LogP contribution in [0.5, 0.6) is 0 Å². The molecule has 3 heteroatoms. The van der Waals surface area contributed by atoms with Gasteiger partial charge in [-0.2, -0.15) is 0 Å². The molecular formula is C15H28N2O. The van der Waals surface area contributed by atoms with Crippen LogP contribution in [0, 0.1) is 0 Å². The molecular weight excluding hydrogens is 224 g/mol. The smallest absolute Gasteiger partial charge is 0.224 e. The van der Waals surface area contributed by atoms with Crippen molar-refractivity contribution in [2.45, 2.75) is 83.3 Å². The Bertz CT molecular complexity index is 301. The molecule has 1 saturated carbocycles. The number of rotatable bonds is 3. The highest BCUT2D eigenvalue weighted by molar-refractivity contribution is 5.78. The molecule has 18 heavy (non-hydrogen) atoms. The van der Waals surface area contributed by atoms with E-state index in [1.807, 2.05) is 0 Å². The lowest BCUT2D eigenvalue weighted by molar-refractivity contribution is -0.134. The van der Waals surface area contributed by atoms with Crippen molar-refractivity contribution < 1.29 is 4.79 Å². The van der Waals surface area contributed by atoms with Crippen LogP contribution < -0.4 is 5.32 Å². The molecule has 0 radical (unpaired) electrons. The van der Waals surface area contributed by atoms with Gasteiger partial charge in [0.25, 0.3) is 0 Å². The Kier molecular flexibility index (Phi) is 4.31. The van der Waals surface area contributed by atoms with Crippen molar-refractivity contribution in [2.24, 2.45) is 0 Å². The monoisotopic (exact) mass is 252 g/mol. The molecule has 1 heterocycles. The second kappa shape index (κ2) is 5.60. The highest BCUT2D eigenvalue weighted by atomic mass is 16.2. The first-order valence-electron chi connectivity index (χ1n) is 7.60. The van der Waals surface area contributed by atoms with Gasteiger partial charge in [0.2, 0.25) is 5.91 Å². The number of unbranched alkanes of at least 4 members (excludes halogenated alkanes) is 1. The zero-order chi connectivity index (χ0) is 13.2. The van der Waals surface area contributed by atoms with E-state index in [1.165, 1.54) is 25.7 Å². The molecule has 1 amide bonds. The van der Waals surface area contributed by atoms with E-state index in [2.05, 4.69) is 31.0 Å². The van der Waals surface area contributed by atoms with Crippen molar-refractivity contribution in [3.05, 3.63) is 0 Å². The molecule has 1 aliphatic heterocycles. The standard InChI is InChI=1S/C15H28N2O/c1-4-5-10-17-13-9-7-6-8-12(13)16-15(2,3)11-14(17)18/h12-13,16H,4-11H2,1-3H3/t12-,13+/m1/s1. The van der Waals surface area contributed by atoms with Crippen LogP contribution in [0.2, 0.25) is 0 Å². The predicted octanol–water partition coefficient (Wildman–Crippen LogP) is 2.70. The summed E-state index contributed by atoms with van der Waals surface area (Å²) in [7, 11) is 0. The number of carbonyl (C=O) groups excluding carboxylic acids is 1. The number of carbonyl (C=O) groups is 1. The molecule has 0 aromatic heterocycles. The van der Waals surface area contributed by atoms with E-state index >= 15 is 0 Å². The Morgan fingerprint density at radius 2 is 2.06 bits per heavy atom. The Labute approximate surface area is 111 Å². The van der Waals surface area contributed by atoms with Gasteiger partial charge in [-0.15, -0.1) is 0 Å². The SMILES string of the molecule is CCCCN1C(=O)CC(C)(C)N[C@@H]2CCCC[C@@H]21. The first kappa shape index (κ1) is 13.9. The Morgan fingerprint density at radius 1 is 1.33 bits per heavy atom. The van der Waals surface area contributed by atoms with Gasteiger partial charge < -0.3 is 10.2 Å². The lowest BCUT2D eigenvalue weighted by Gasteiger charge is -2.39. The van der Waals surface area contributed by atoms with Crippen molar-refractivity contribution in [1.82, 2.24) is 10.2 Å². The van der Waals surface area contributed by atoms with Crippen LogP contribution in [-0.2, 0) is 4.79 Å². The van der Waals surface area contributed by atoms with Crippen LogP contribution in [0.15, 0.2) is 0 Å². The molecule has 0 spiro atoms. The van der Waals surface area contributed by atoms with Crippen LogP contribution in [-0.4, -0.2) is 35.0 Å². The molecule has 0 aromatic carbocycles. The van der Waals surface area contributed by atoms with Crippen molar-refractivity contribution in [1.29, 1.82) is 0 Å². The third kappa shape index (κ3) is 3.05. The summed E-state index contributed by atoms with van der Waals surface area (Å²) in [5.74, 6) is 0.357. The molecule has 0 bridgehead atoms. The van der Waals surface area contributed by atoms with Crippen LogP contribution in [0.1, 0.15) is 65.7 Å². The first-order chi connectivity index (χ1) is 8.53. The maximum atomic E-state index is 12.5. The molecule has 2 atom stereocenters. The highest BCUT2D eigenvalue weighted by Crippen LogP contribution is 2.30. The number of amides is 1. The largest absolute Gasteiger partial charge is 0.338 e. The summed E-state index contributed by atoms with van der Waals surface area (Å²) >= 11 is 0. The zero-order valence-corrected chi connectivity index (χ0v) is 12.2. The number of hydrogen-bond donors (Lipinski definition) is 1. The van der Waals surface area contributed by atoms with Gasteiger partial charge >= 0.3 is 0 Å². The molecule has 2 fully saturated rings. The number of nitrogens with one attached hydrogen (secondary N) is 1. The Hall–Kier alpha value is -0.570. The van der Waals surface area contributed by atoms with E-state index in [-0.39, 0.29) is 5.54 Å². The fourth-order valence-corrected chi connectivity index (χ4v) is 3.49. The lowest BCUT2D eigenvalue weighted by Crippen LogP contribution is -2.53. The molecule has 2 aliphatic rings. The summed E-state index contributed by atoms with van der Waals surface area (Å²) in [6.45, 7) is 7.48. The van der Waals surface area contributed by atoms with Crippen molar-refractivity contribution >= 4 is 5.91 Å². The lowest BCUT2D eigenvalue weighted by atomic mass is 9.88. The van der Waals surface area contributed by atoms with Crippen molar-refractivity contribution in [3.8, 4) is 0 Å². The number of hydrogen-bond acceptors (Lipinski definition) is 2. The fraction of sp³-hybridized carbons (Fsp3) is 0.933. The van der Waals surface area contributed by atoms with Crippen LogP contribution in [0.4, 0.5) is 0 Å². The molecule has 0 aromatic rings. The van der Waals surface area contributed by atoms with E-state index in [0.29, 0.717) is 24.4 Å². The van der Waals surface area contributed by atoms with Gasteiger partial charge in [0.15, 0.2) is 0 Å². The second-order valence-electron chi connectivity index (χ2n) is 6.60. The molecule has 0 unspecified atom stereocenters. The summed E-state index contributed by atoms with van der Waals surface area (Å²) in [5, 5.41) is 3.73. The van der Waals surface area contributed by atoms with E-state index in [0.717, 1.165) is 19.4 Å². The number of fused-ring (bicyclic) bond motifs is 1. The van der Waals surface area contributed by atoms with Crippen LogP contribution >= 0.6 is 0 Å².